The first-order valence-corrected chi connectivity index (χ1v) is 3.05. The summed E-state index contributed by atoms with van der Waals surface area (Å²) in [6, 6.07) is 0. The van der Waals surface area contributed by atoms with Gasteiger partial charge in [0.15, 0.2) is 0 Å². The Kier molecular flexibility index (Phi) is 6.47. The zero-order chi connectivity index (χ0) is 6.95. The Morgan fingerprint density at radius 3 is 2.56 bits per heavy atom. The van der Waals surface area contributed by atoms with Gasteiger partial charge in [0.05, 0.1) is 0 Å². The second kappa shape index (κ2) is 7.15. The third-order valence-corrected chi connectivity index (χ3v) is 0.922. The smallest absolute Gasteiger partial charge is 0.225 e. The first-order valence-electron chi connectivity index (χ1n) is 3.05. The van der Waals surface area contributed by atoms with Crippen molar-refractivity contribution in [3.8, 4) is 0 Å². The molecule has 0 N–H and O–H groups in total. The zero-order valence-electron chi connectivity index (χ0n) is 5.63. The van der Waals surface area contributed by atoms with E-state index in [-0.39, 0.29) is 0 Å². The van der Waals surface area contributed by atoms with E-state index >= 15 is 0 Å². The topological polar surface area (TPSA) is 17.1 Å². The molecular weight excluding hydrogens is 112 g/mol. The van der Waals surface area contributed by atoms with E-state index < -0.39 is 0 Å². The summed E-state index contributed by atoms with van der Waals surface area (Å²) in [6.45, 7) is 1.98. The maximum Gasteiger partial charge on any atom is 0.225 e. The first-order chi connectivity index (χ1) is 4.41. The van der Waals surface area contributed by atoms with Crippen molar-refractivity contribution in [1.29, 1.82) is 0 Å². The number of hydrogen-bond donors (Lipinski definition) is 0. The number of hydrogen-bond acceptors (Lipinski definition) is 1. The maximum absolute atomic E-state index is 9.61. The highest BCUT2D eigenvalue weighted by atomic mass is 16.1. The highest BCUT2D eigenvalue weighted by molar-refractivity contribution is 5.65. The van der Waals surface area contributed by atoms with Gasteiger partial charge < -0.3 is 0 Å². The van der Waals surface area contributed by atoms with Gasteiger partial charge in [-0.1, -0.05) is 18.2 Å². The summed E-state index contributed by atoms with van der Waals surface area (Å²) in [4.78, 5) is 9.61. The molecule has 0 spiro atoms. The monoisotopic (exact) mass is 123 g/mol. The van der Waals surface area contributed by atoms with E-state index in [0.29, 0.717) is 0 Å². The average Bonchev–Trinajstić information content (AvgIpc) is 1.89. The summed E-state index contributed by atoms with van der Waals surface area (Å²) in [5, 5.41) is 0. The van der Waals surface area contributed by atoms with Gasteiger partial charge in [0, 0.05) is 0 Å². The molecule has 9 heavy (non-hydrogen) atoms. The second-order valence-corrected chi connectivity index (χ2v) is 1.67. The molecule has 49 valence electrons. The molecule has 0 aliphatic rings. The molecule has 0 saturated carbocycles. The molecule has 0 aliphatic carbocycles. The summed E-state index contributed by atoms with van der Waals surface area (Å²) in [7, 11) is 0. The fourth-order valence-corrected chi connectivity index (χ4v) is 0.491. The molecular formula is C8H11O. The van der Waals surface area contributed by atoms with Crippen LogP contribution in [0.5, 0.6) is 0 Å². The minimum Gasteiger partial charge on any atom is -0.286 e. The number of unbranched alkanes of at least 4 members (excludes halogenated alkanes) is 1. The van der Waals surface area contributed by atoms with Gasteiger partial charge in [0.2, 0.25) is 6.29 Å². The Bertz CT molecular complexity index is 112. The Balaban J connectivity index is 3.08. The van der Waals surface area contributed by atoms with Crippen molar-refractivity contribution in [1.82, 2.24) is 0 Å². The average molecular weight is 123 g/mol. The van der Waals surface area contributed by atoms with Crippen LogP contribution in [0.2, 0.25) is 0 Å². The van der Waals surface area contributed by atoms with E-state index in [1.165, 1.54) is 6.08 Å². The molecule has 0 unspecified atom stereocenters. The molecule has 0 rings (SSSR count). The van der Waals surface area contributed by atoms with Crippen LogP contribution in [0, 0.1) is 0 Å². The Labute approximate surface area is 56.1 Å². The molecule has 1 radical (unpaired) electrons. The van der Waals surface area contributed by atoms with Crippen LogP contribution in [0.1, 0.15) is 19.8 Å². The highest BCUT2D eigenvalue weighted by Gasteiger charge is 1.72. The van der Waals surface area contributed by atoms with Gasteiger partial charge in [0.25, 0.3) is 0 Å². The summed E-state index contributed by atoms with van der Waals surface area (Å²) >= 11 is 0. The predicted molar refractivity (Wildman–Crippen MR) is 38.9 cm³/mol. The van der Waals surface area contributed by atoms with E-state index in [9.17, 15) is 4.79 Å². The van der Waals surface area contributed by atoms with Crippen LogP contribution in [0.3, 0.4) is 0 Å². The van der Waals surface area contributed by atoms with E-state index in [0.717, 1.165) is 12.8 Å². The third-order valence-electron chi connectivity index (χ3n) is 0.922. The van der Waals surface area contributed by atoms with E-state index in [1.807, 2.05) is 19.1 Å². The van der Waals surface area contributed by atoms with Crippen LogP contribution in [-0.4, -0.2) is 6.29 Å². The Morgan fingerprint density at radius 2 is 2.00 bits per heavy atom. The van der Waals surface area contributed by atoms with E-state index in [2.05, 4.69) is 6.08 Å². The first kappa shape index (κ1) is 8.15. The van der Waals surface area contributed by atoms with E-state index in [1.54, 1.807) is 6.29 Å². The molecule has 0 fully saturated rings. The van der Waals surface area contributed by atoms with E-state index in [4.69, 9.17) is 0 Å². The van der Waals surface area contributed by atoms with Gasteiger partial charge in [-0.25, -0.2) is 0 Å². The summed E-state index contributed by atoms with van der Waals surface area (Å²) in [5.41, 5.74) is 0. The van der Waals surface area contributed by atoms with Crippen LogP contribution >= 0.6 is 0 Å². The zero-order valence-corrected chi connectivity index (χ0v) is 5.63. The van der Waals surface area contributed by atoms with Crippen LogP contribution in [0.4, 0.5) is 0 Å². The molecule has 0 aliphatic heterocycles. The van der Waals surface area contributed by atoms with Crippen molar-refractivity contribution >= 4 is 6.29 Å². The normalized spacial score (nSPS) is 11.2. The fourth-order valence-electron chi connectivity index (χ4n) is 0.491. The highest BCUT2D eigenvalue weighted by Crippen LogP contribution is 1.90. The van der Waals surface area contributed by atoms with Crippen LogP contribution in [0.25, 0.3) is 0 Å². The minimum atomic E-state index is 0.930. The predicted octanol–water partition coefficient (Wildman–Crippen LogP) is 2.01. The number of carbonyl (C=O) groups excluding carboxylic acids is 1. The molecule has 0 aromatic rings. The van der Waals surface area contributed by atoms with Crippen LogP contribution in [-0.2, 0) is 4.79 Å². The van der Waals surface area contributed by atoms with Gasteiger partial charge >= 0.3 is 0 Å². The van der Waals surface area contributed by atoms with Gasteiger partial charge in [0.1, 0.15) is 0 Å². The van der Waals surface area contributed by atoms with Gasteiger partial charge in [-0.3, -0.25) is 4.79 Å². The molecule has 0 aromatic heterocycles. The molecule has 0 bridgehead atoms. The van der Waals surface area contributed by atoms with Crippen molar-refractivity contribution in [2.24, 2.45) is 0 Å². The number of allylic oxidation sites excluding steroid dienone is 4. The molecule has 1 nitrogen and oxygen atoms in total. The summed E-state index contributed by atoms with van der Waals surface area (Å²) < 4.78 is 0. The van der Waals surface area contributed by atoms with Crippen molar-refractivity contribution < 1.29 is 4.79 Å². The Hall–Kier alpha value is -0.850. The second-order valence-electron chi connectivity index (χ2n) is 1.67. The SMILES string of the molecule is CC=CCCC=C[C]=O. The fraction of sp³-hybridized carbons (Fsp3) is 0.375. The molecule has 1 heteroatoms. The van der Waals surface area contributed by atoms with Gasteiger partial charge in [-0.15, -0.1) is 0 Å². The van der Waals surface area contributed by atoms with Crippen molar-refractivity contribution in [2.45, 2.75) is 19.8 Å². The minimum absolute atomic E-state index is 0.930. The van der Waals surface area contributed by atoms with Crippen molar-refractivity contribution in [2.75, 3.05) is 0 Å². The number of rotatable bonds is 4. The Morgan fingerprint density at radius 1 is 1.33 bits per heavy atom. The van der Waals surface area contributed by atoms with Crippen molar-refractivity contribution in [3.05, 3.63) is 24.3 Å². The lowest BCUT2D eigenvalue weighted by molar-refractivity contribution is 0.564. The van der Waals surface area contributed by atoms with Gasteiger partial charge in [-0.05, 0) is 25.8 Å². The lowest BCUT2D eigenvalue weighted by Crippen LogP contribution is -1.64. The van der Waals surface area contributed by atoms with Gasteiger partial charge in [-0.2, -0.15) is 0 Å². The summed E-state index contributed by atoms with van der Waals surface area (Å²) in [5.74, 6) is 0. The maximum atomic E-state index is 9.61. The van der Waals surface area contributed by atoms with Crippen LogP contribution < -0.4 is 0 Å². The van der Waals surface area contributed by atoms with Crippen LogP contribution in [0.15, 0.2) is 24.3 Å². The molecule has 0 aromatic carbocycles. The molecule has 0 atom stereocenters. The standard InChI is InChI=1S/C8H11O/c1-2-3-4-5-6-7-8-9/h2-3,6-7H,4-5H2,1H3. The molecule has 0 heterocycles. The molecule has 0 amide bonds. The quantitative estimate of drug-likeness (QED) is 0.317. The summed E-state index contributed by atoms with van der Waals surface area (Å²) in [6.07, 6.45) is 10.9. The third kappa shape index (κ3) is 7.15. The molecule has 0 saturated heterocycles. The lowest BCUT2D eigenvalue weighted by atomic mass is 10.3. The van der Waals surface area contributed by atoms with Crippen molar-refractivity contribution in [3.63, 3.8) is 0 Å². The largest absolute Gasteiger partial charge is 0.286 e. The lowest BCUT2D eigenvalue weighted by Gasteiger charge is -1.80.